The Bertz CT molecular complexity index is 682. The second kappa shape index (κ2) is 6.14. The first kappa shape index (κ1) is 15.7. The van der Waals surface area contributed by atoms with E-state index in [0.717, 1.165) is 36.5 Å². The van der Waals surface area contributed by atoms with E-state index in [0.29, 0.717) is 10.8 Å². The lowest BCUT2D eigenvalue weighted by atomic mass is 10.1. The molecule has 2 heterocycles. The Morgan fingerprint density at radius 3 is 2.77 bits per heavy atom. The van der Waals surface area contributed by atoms with E-state index in [1.807, 2.05) is 24.3 Å². The summed E-state index contributed by atoms with van der Waals surface area (Å²) >= 11 is 5.93. The maximum atomic E-state index is 12.0. The fraction of sp³-hybridized carbons (Fsp3) is 0.438. The highest BCUT2D eigenvalue weighted by molar-refractivity contribution is 7.86. The summed E-state index contributed by atoms with van der Waals surface area (Å²) in [6.45, 7) is 6.51. The normalized spacial score (nSPS) is 21.9. The average molecular weight is 339 g/mol. The number of hydrogen-bond donors (Lipinski definition) is 0. The van der Waals surface area contributed by atoms with Gasteiger partial charge < -0.3 is 4.52 Å². The molecule has 0 spiro atoms. The van der Waals surface area contributed by atoms with E-state index in [4.69, 9.17) is 16.1 Å². The maximum absolute atomic E-state index is 12.0. The minimum Gasteiger partial charge on any atom is -0.356 e. The molecule has 1 aromatic carbocycles. The van der Waals surface area contributed by atoms with E-state index in [1.54, 1.807) is 6.20 Å². The van der Waals surface area contributed by atoms with Crippen molar-refractivity contribution in [2.24, 2.45) is 0 Å². The highest BCUT2D eigenvalue weighted by atomic mass is 35.5. The first-order valence-electron chi connectivity index (χ1n) is 7.26. The van der Waals surface area contributed by atoms with E-state index in [2.05, 4.69) is 23.9 Å². The summed E-state index contributed by atoms with van der Waals surface area (Å²) in [5.74, 6) is 1.50. The molecule has 1 atom stereocenters. The lowest BCUT2D eigenvalue weighted by Gasteiger charge is -2.37. The predicted octanol–water partition coefficient (Wildman–Crippen LogP) is 3.34. The van der Waals surface area contributed by atoms with Crippen molar-refractivity contribution in [2.75, 3.05) is 18.8 Å². The van der Waals surface area contributed by atoms with Crippen LogP contribution in [0, 0.1) is 0 Å². The molecule has 3 rings (SSSR count). The third-order valence-corrected chi connectivity index (χ3v) is 6.13. The average Bonchev–Trinajstić information content (AvgIpc) is 2.92. The first-order valence-corrected chi connectivity index (χ1v) is 8.96. The molecule has 1 saturated heterocycles. The highest BCUT2D eigenvalue weighted by Gasteiger charge is 2.33. The van der Waals surface area contributed by atoms with Gasteiger partial charge in [0.15, 0.2) is 5.76 Å². The van der Waals surface area contributed by atoms with Crippen LogP contribution in [0.3, 0.4) is 0 Å². The van der Waals surface area contributed by atoms with Crippen molar-refractivity contribution in [2.45, 2.75) is 25.1 Å². The molecular weight excluding hydrogens is 320 g/mol. The van der Waals surface area contributed by atoms with Crippen molar-refractivity contribution in [3.05, 3.63) is 41.0 Å². The van der Waals surface area contributed by atoms with Gasteiger partial charge in [0.1, 0.15) is 0 Å². The molecule has 1 unspecified atom stereocenters. The molecule has 0 N–H and O–H groups in total. The summed E-state index contributed by atoms with van der Waals surface area (Å²) in [6.07, 6.45) is 1.77. The van der Waals surface area contributed by atoms with E-state index >= 15 is 0 Å². The summed E-state index contributed by atoms with van der Waals surface area (Å²) in [4.78, 5) is 2.31. The molecule has 0 saturated carbocycles. The predicted molar refractivity (Wildman–Crippen MR) is 89.3 cm³/mol. The largest absolute Gasteiger partial charge is 0.356 e. The highest BCUT2D eigenvalue weighted by Crippen LogP contribution is 2.28. The fourth-order valence-corrected chi connectivity index (χ4v) is 4.19. The fourth-order valence-electron chi connectivity index (χ4n) is 2.77. The number of aromatic nitrogens is 1. The van der Waals surface area contributed by atoms with Crippen LogP contribution in [0.5, 0.6) is 0 Å². The Morgan fingerprint density at radius 1 is 1.36 bits per heavy atom. The summed E-state index contributed by atoms with van der Waals surface area (Å²) < 4.78 is 17.3. The van der Waals surface area contributed by atoms with Gasteiger partial charge in [-0.05, 0) is 38.1 Å². The maximum Gasteiger partial charge on any atom is 0.171 e. The number of nitrogens with zero attached hydrogens (tertiary/aromatic N) is 2. The Hall–Kier alpha value is -1.17. The zero-order chi connectivity index (χ0) is 15.7. The van der Waals surface area contributed by atoms with Crippen molar-refractivity contribution >= 4 is 22.4 Å². The molecule has 2 aromatic rings. The molecule has 0 amide bonds. The standard InChI is InChI=1S/C16H19ClN2O2S/c1-16(2)11-19(7-8-22(16)20)10-13-9-18-21-15(13)12-3-5-14(17)6-4-12/h3-6,9H,7-8,10-11H2,1-2H3. The monoisotopic (exact) mass is 338 g/mol. The van der Waals surface area contributed by atoms with Crippen LogP contribution in [0.4, 0.5) is 0 Å². The van der Waals surface area contributed by atoms with Gasteiger partial charge in [0.2, 0.25) is 0 Å². The summed E-state index contributed by atoms with van der Waals surface area (Å²) in [7, 11) is -0.759. The Morgan fingerprint density at radius 2 is 2.09 bits per heavy atom. The molecule has 0 radical (unpaired) electrons. The Kier molecular flexibility index (Phi) is 4.39. The molecule has 1 aromatic heterocycles. The second-order valence-electron chi connectivity index (χ2n) is 6.21. The molecule has 0 aliphatic carbocycles. The van der Waals surface area contributed by atoms with E-state index in [1.165, 1.54) is 0 Å². The third-order valence-electron chi connectivity index (χ3n) is 3.96. The number of halogens is 1. The van der Waals surface area contributed by atoms with Crippen LogP contribution in [0.15, 0.2) is 35.0 Å². The lowest BCUT2D eigenvalue weighted by Crippen LogP contribution is -2.49. The van der Waals surface area contributed by atoms with Gasteiger partial charge >= 0.3 is 0 Å². The lowest BCUT2D eigenvalue weighted by molar-refractivity contribution is 0.247. The van der Waals surface area contributed by atoms with Crippen LogP contribution in [-0.2, 0) is 17.3 Å². The van der Waals surface area contributed by atoms with Crippen LogP contribution in [-0.4, -0.2) is 37.9 Å². The van der Waals surface area contributed by atoms with Crippen LogP contribution in [0.1, 0.15) is 19.4 Å². The number of hydrogen-bond acceptors (Lipinski definition) is 4. The second-order valence-corrected chi connectivity index (χ2v) is 8.85. The molecule has 6 heteroatoms. The molecular formula is C16H19ClN2O2S. The van der Waals surface area contributed by atoms with Gasteiger partial charge in [0.25, 0.3) is 0 Å². The summed E-state index contributed by atoms with van der Waals surface area (Å²) in [5.41, 5.74) is 2.02. The SMILES string of the molecule is CC1(C)CN(Cc2cnoc2-c2ccc(Cl)cc2)CCS1=O. The van der Waals surface area contributed by atoms with Gasteiger partial charge in [0.05, 0.1) is 10.9 Å². The Labute approximate surface area is 137 Å². The molecule has 118 valence electrons. The van der Waals surface area contributed by atoms with Gasteiger partial charge in [-0.15, -0.1) is 0 Å². The molecule has 1 aliphatic rings. The van der Waals surface area contributed by atoms with Gasteiger partial charge in [-0.2, -0.15) is 0 Å². The van der Waals surface area contributed by atoms with E-state index < -0.39 is 10.8 Å². The van der Waals surface area contributed by atoms with Gasteiger partial charge in [-0.1, -0.05) is 16.8 Å². The Balaban J connectivity index is 1.78. The van der Waals surface area contributed by atoms with E-state index in [9.17, 15) is 4.21 Å². The molecule has 1 fully saturated rings. The van der Waals surface area contributed by atoms with Crippen LogP contribution in [0.25, 0.3) is 11.3 Å². The molecule has 22 heavy (non-hydrogen) atoms. The van der Waals surface area contributed by atoms with E-state index in [-0.39, 0.29) is 4.75 Å². The van der Waals surface area contributed by atoms with Crippen molar-refractivity contribution in [1.29, 1.82) is 0 Å². The van der Waals surface area contributed by atoms with Crippen LogP contribution in [0.2, 0.25) is 5.02 Å². The minimum absolute atomic E-state index is 0.171. The third kappa shape index (κ3) is 3.26. The number of rotatable bonds is 3. The van der Waals surface area contributed by atoms with Crippen molar-refractivity contribution < 1.29 is 8.73 Å². The number of benzene rings is 1. The van der Waals surface area contributed by atoms with Crippen LogP contribution >= 0.6 is 11.6 Å². The molecule has 0 bridgehead atoms. The van der Waals surface area contributed by atoms with Crippen molar-refractivity contribution in [3.63, 3.8) is 0 Å². The molecule has 1 aliphatic heterocycles. The summed E-state index contributed by atoms with van der Waals surface area (Å²) in [6, 6.07) is 7.55. The topological polar surface area (TPSA) is 46.3 Å². The van der Waals surface area contributed by atoms with Gasteiger partial charge in [0, 0.05) is 52.3 Å². The van der Waals surface area contributed by atoms with Crippen LogP contribution < -0.4 is 0 Å². The summed E-state index contributed by atoms with van der Waals surface area (Å²) in [5, 5.41) is 4.64. The zero-order valence-corrected chi connectivity index (χ0v) is 14.3. The first-order chi connectivity index (χ1) is 10.5. The smallest absolute Gasteiger partial charge is 0.171 e. The van der Waals surface area contributed by atoms with Gasteiger partial charge in [-0.3, -0.25) is 9.11 Å². The van der Waals surface area contributed by atoms with Crippen molar-refractivity contribution in [3.8, 4) is 11.3 Å². The quantitative estimate of drug-likeness (QED) is 0.861. The zero-order valence-electron chi connectivity index (χ0n) is 12.7. The van der Waals surface area contributed by atoms with Crippen molar-refractivity contribution in [1.82, 2.24) is 10.1 Å². The minimum atomic E-state index is -0.759. The molecule has 4 nitrogen and oxygen atoms in total. The van der Waals surface area contributed by atoms with Gasteiger partial charge in [-0.25, -0.2) is 0 Å².